The lowest BCUT2D eigenvalue weighted by Gasteiger charge is -2.27. The summed E-state index contributed by atoms with van der Waals surface area (Å²) in [4.78, 5) is 29.7. The van der Waals surface area contributed by atoms with E-state index in [2.05, 4.69) is 0 Å². The van der Waals surface area contributed by atoms with Crippen LogP contribution in [0.1, 0.15) is 35.0 Å². The zero-order valence-electron chi connectivity index (χ0n) is 18.0. The third kappa shape index (κ3) is 6.22. The van der Waals surface area contributed by atoms with Gasteiger partial charge in [-0.25, -0.2) is 0 Å². The van der Waals surface area contributed by atoms with Crippen LogP contribution in [-0.2, 0) is 17.9 Å². The van der Waals surface area contributed by atoms with Crippen molar-refractivity contribution in [3.05, 3.63) is 89.9 Å². The van der Waals surface area contributed by atoms with Gasteiger partial charge in [-0.2, -0.15) is 0 Å². The van der Waals surface area contributed by atoms with Gasteiger partial charge in [0, 0.05) is 18.7 Å². The van der Waals surface area contributed by atoms with E-state index < -0.39 is 0 Å². The predicted molar refractivity (Wildman–Crippen MR) is 119 cm³/mol. The molecule has 1 aromatic heterocycles. The number of hydrogen-bond donors (Lipinski definition) is 0. The Bertz CT molecular complexity index is 953. The molecule has 0 aliphatic heterocycles. The van der Waals surface area contributed by atoms with Crippen LogP contribution in [0, 0.1) is 0 Å². The molecule has 0 radical (unpaired) electrons. The molecule has 0 aliphatic rings. The minimum Gasteiger partial charge on any atom is -0.497 e. The number of amides is 2. The van der Waals surface area contributed by atoms with E-state index in [1.54, 1.807) is 53.5 Å². The number of nitrogens with zero attached hydrogens (tertiary/aromatic N) is 2. The van der Waals surface area contributed by atoms with Crippen molar-refractivity contribution < 1.29 is 18.7 Å². The number of hydrogen-bond acceptors (Lipinski definition) is 4. The van der Waals surface area contributed by atoms with E-state index in [0.29, 0.717) is 36.7 Å². The molecule has 0 aliphatic carbocycles. The second kappa shape index (κ2) is 11.0. The maximum absolute atomic E-state index is 13.3. The van der Waals surface area contributed by atoms with Crippen LogP contribution in [0.3, 0.4) is 0 Å². The van der Waals surface area contributed by atoms with Crippen molar-refractivity contribution in [2.45, 2.75) is 26.4 Å². The Balaban J connectivity index is 1.76. The summed E-state index contributed by atoms with van der Waals surface area (Å²) < 4.78 is 10.6. The number of ether oxygens (including phenoxy) is 1. The standard InChI is InChI=1S/C25H28N2O4/c1-3-15-26(25(29)21-11-13-22(30-2)14-12-21)19-24(28)27(18-23-10-7-16-31-23)17-20-8-5-4-6-9-20/h4-14,16H,3,15,17-19H2,1-2H3. The van der Waals surface area contributed by atoms with E-state index in [0.717, 1.165) is 12.0 Å². The number of benzene rings is 2. The van der Waals surface area contributed by atoms with Gasteiger partial charge in [0.05, 0.1) is 19.9 Å². The highest BCUT2D eigenvalue weighted by Gasteiger charge is 2.23. The van der Waals surface area contributed by atoms with Gasteiger partial charge in [-0.15, -0.1) is 0 Å². The number of methoxy groups -OCH3 is 1. The first kappa shape index (κ1) is 22.2. The van der Waals surface area contributed by atoms with Crippen LogP contribution in [0.25, 0.3) is 0 Å². The summed E-state index contributed by atoms with van der Waals surface area (Å²) in [6.45, 7) is 3.28. The van der Waals surface area contributed by atoms with Gasteiger partial charge in [0.2, 0.25) is 5.91 Å². The molecule has 2 aromatic carbocycles. The second-order valence-corrected chi connectivity index (χ2v) is 7.27. The highest BCUT2D eigenvalue weighted by atomic mass is 16.5. The Morgan fingerprint density at radius 3 is 2.26 bits per heavy atom. The monoisotopic (exact) mass is 420 g/mol. The molecule has 0 saturated heterocycles. The Hall–Kier alpha value is -3.54. The van der Waals surface area contributed by atoms with Crippen LogP contribution in [0.4, 0.5) is 0 Å². The van der Waals surface area contributed by atoms with Crippen LogP contribution >= 0.6 is 0 Å². The van der Waals surface area contributed by atoms with Crippen LogP contribution in [0.5, 0.6) is 5.75 Å². The van der Waals surface area contributed by atoms with E-state index in [1.165, 1.54) is 0 Å². The van der Waals surface area contributed by atoms with Gasteiger partial charge < -0.3 is 19.0 Å². The lowest BCUT2D eigenvalue weighted by Crippen LogP contribution is -2.42. The molecule has 3 rings (SSSR count). The van der Waals surface area contributed by atoms with Crippen LogP contribution in [-0.4, -0.2) is 41.8 Å². The summed E-state index contributed by atoms with van der Waals surface area (Å²) in [5, 5.41) is 0. The maximum Gasteiger partial charge on any atom is 0.254 e. The normalized spacial score (nSPS) is 10.5. The van der Waals surface area contributed by atoms with Crippen LogP contribution in [0.2, 0.25) is 0 Å². The SMILES string of the molecule is CCCN(CC(=O)N(Cc1ccccc1)Cc1ccco1)C(=O)c1ccc(OC)cc1. The smallest absolute Gasteiger partial charge is 0.254 e. The van der Waals surface area contributed by atoms with Gasteiger partial charge in [-0.1, -0.05) is 37.3 Å². The van der Waals surface area contributed by atoms with E-state index in [1.807, 2.05) is 43.3 Å². The van der Waals surface area contributed by atoms with Crippen molar-refractivity contribution in [1.82, 2.24) is 9.80 Å². The molecule has 6 nitrogen and oxygen atoms in total. The summed E-state index contributed by atoms with van der Waals surface area (Å²) in [6, 6.07) is 20.4. The van der Waals surface area contributed by atoms with Gasteiger partial charge >= 0.3 is 0 Å². The first-order chi connectivity index (χ1) is 15.1. The van der Waals surface area contributed by atoms with Crippen LogP contribution in [0.15, 0.2) is 77.4 Å². The minimum absolute atomic E-state index is 0.00620. The Kier molecular flexibility index (Phi) is 7.87. The molecule has 2 amide bonds. The molecule has 1 heterocycles. The number of rotatable bonds is 10. The van der Waals surface area contributed by atoms with Gasteiger partial charge in [-0.3, -0.25) is 9.59 Å². The lowest BCUT2D eigenvalue weighted by atomic mass is 10.1. The molecule has 31 heavy (non-hydrogen) atoms. The van der Waals surface area contributed by atoms with Gasteiger partial charge in [0.25, 0.3) is 5.91 Å². The van der Waals surface area contributed by atoms with E-state index >= 15 is 0 Å². The third-order valence-electron chi connectivity index (χ3n) is 4.94. The first-order valence-corrected chi connectivity index (χ1v) is 10.4. The zero-order valence-corrected chi connectivity index (χ0v) is 18.0. The predicted octanol–water partition coefficient (Wildman–Crippen LogP) is 4.37. The van der Waals surface area contributed by atoms with Crippen LogP contribution < -0.4 is 4.74 Å². The van der Waals surface area contributed by atoms with E-state index in [9.17, 15) is 9.59 Å². The topological polar surface area (TPSA) is 63.0 Å². The van der Waals surface area contributed by atoms with Crippen molar-refractivity contribution in [1.29, 1.82) is 0 Å². The molecule has 0 unspecified atom stereocenters. The van der Waals surface area contributed by atoms with E-state index in [4.69, 9.17) is 9.15 Å². The fraction of sp³-hybridized carbons (Fsp3) is 0.280. The average Bonchev–Trinajstić information content (AvgIpc) is 3.32. The maximum atomic E-state index is 13.3. The molecular formula is C25H28N2O4. The fourth-order valence-corrected chi connectivity index (χ4v) is 3.33. The number of carbonyl (C=O) groups excluding carboxylic acids is 2. The van der Waals surface area contributed by atoms with Crippen molar-refractivity contribution >= 4 is 11.8 Å². The molecule has 0 saturated carbocycles. The molecule has 0 atom stereocenters. The Labute approximate surface area is 183 Å². The van der Waals surface area contributed by atoms with Gasteiger partial charge in [-0.05, 0) is 48.4 Å². The first-order valence-electron chi connectivity index (χ1n) is 10.4. The Morgan fingerprint density at radius 1 is 0.903 bits per heavy atom. The van der Waals surface area contributed by atoms with E-state index in [-0.39, 0.29) is 18.4 Å². The molecular weight excluding hydrogens is 392 g/mol. The van der Waals surface area contributed by atoms with Gasteiger partial charge in [0.15, 0.2) is 0 Å². The molecule has 3 aromatic rings. The molecule has 0 fully saturated rings. The molecule has 0 spiro atoms. The number of carbonyl (C=O) groups is 2. The Morgan fingerprint density at radius 2 is 1.65 bits per heavy atom. The molecule has 6 heteroatoms. The summed E-state index contributed by atoms with van der Waals surface area (Å²) in [7, 11) is 1.58. The van der Waals surface area contributed by atoms with Crippen molar-refractivity contribution in [2.24, 2.45) is 0 Å². The minimum atomic E-state index is -0.171. The number of furan rings is 1. The molecule has 0 N–H and O–H groups in total. The van der Waals surface area contributed by atoms with Crippen molar-refractivity contribution in [3.63, 3.8) is 0 Å². The highest BCUT2D eigenvalue weighted by Crippen LogP contribution is 2.15. The quantitative estimate of drug-likeness (QED) is 0.489. The zero-order chi connectivity index (χ0) is 22.1. The summed E-state index contributed by atoms with van der Waals surface area (Å²) >= 11 is 0. The summed E-state index contributed by atoms with van der Waals surface area (Å²) in [5.41, 5.74) is 1.55. The summed E-state index contributed by atoms with van der Waals surface area (Å²) in [6.07, 6.45) is 2.35. The fourth-order valence-electron chi connectivity index (χ4n) is 3.33. The third-order valence-corrected chi connectivity index (χ3v) is 4.94. The average molecular weight is 421 g/mol. The summed E-state index contributed by atoms with van der Waals surface area (Å²) in [5.74, 6) is 1.08. The highest BCUT2D eigenvalue weighted by molar-refractivity contribution is 5.96. The van der Waals surface area contributed by atoms with Gasteiger partial charge in [0.1, 0.15) is 18.1 Å². The van der Waals surface area contributed by atoms with Crippen molar-refractivity contribution in [3.8, 4) is 5.75 Å². The molecule has 0 bridgehead atoms. The van der Waals surface area contributed by atoms with Crippen molar-refractivity contribution in [2.75, 3.05) is 20.2 Å². The molecule has 162 valence electrons. The second-order valence-electron chi connectivity index (χ2n) is 7.27. The lowest BCUT2D eigenvalue weighted by molar-refractivity contribution is -0.133. The largest absolute Gasteiger partial charge is 0.497 e.